The van der Waals surface area contributed by atoms with Gasteiger partial charge in [0.15, 0.2) is 5.88 Å². The van der Waals surface area contributed by atoms with Gasteiger partial charge in [-0.15, -0.1) is 0 Å². The van der Waals surface area contributed by atoms with Crippen LogP contribution in [0, 0.1) is 0 Å². The number of rotatable bonds is 2. The molecule has 0 radical (unpaired) electrons. The highest BCUT2D eigenvalue weighted by atomic mass is 79.9. The lowest BCUT2D eigenvalue weighted by Gasteiger charge is -2.18. The number of halogens is 1. The van der Waals surface area contributed by atoms with Crippen molar-refractivity contribution in [3.63, 3.8) is 0 Å². The first kappa shape index (κ1) is 14.3. The van der Waals surface area contributed by atoms with Crippen molar-refractivity contribution in [2.24, 2.45) is 4.99 Å². The molecule has 0 aliphatic carbocycles. The van der Waals surface area contributed by atoms with Gasteiger partial charge in [0.05, 0.1) is 18.4 Å². The van der Waals surface area contributed by atoms with Crippen molar-refractivity contribution >= 4 is 32.5 Å². The van der Waals surface area contributed by atoms with E-state index in [0.717, 1.165) is 50.9 Å². The summed E-state index contributed by atoms with van der Waals surface area (Å²) in [5, 5.41) is 11.4. The van der Waals surface area contributed by atoms with E-state index in [2.05, 4.69) is 27.0 Å². The predicted octanol–water partition coefficient (Wildman–Crippen LogP) is 4.04. The van der Waals surface area contributed by atoms with Crippen molar-refractivity contribution in [3.05, 3.63) is 57.6 Å². The van der Waals surface area contributed by atoms with Crippen LogP contribution in [0.1, 0.15) is 16.7 Å². The Morgan fingerprint density at radius 1 is 1.22 bits per heavy atom. The zero-order valence-corrected chi connectivity index (χ0v) is 14.1. The summed E-state index contributed by atoms with van der Waals surface area (Å²) < 4.78 is 6.32. The molecule has 1 aliphatic rings. The molecule has 3 aromatic rings. The first-order chi connectivity index (χ1) is 11.2. The summed E-state index contributed by atoms with van der Waals surface area (Å²) in [5.41, 5.74) is 4.69. The normalized spacial score (nSPS) is 13.7. The average Bonchev–Trinajstić information content (AvgIpc) is 2.89. The number of nitrogens with zero attached hydrogens (tertiary/aromatic N) is 1. The van der Waals surface area contributed by atoms with Crippen LogP contribution in [0.5, 0.6) is 11.6 Å². The molecule has 0 saturated carbocycles. The zero-order chi connectivity index (χ0) is 16.0. The van der Waals surface area contributed by atoms with Crippen molar-refractivity contribution in [2.45, 2.75) is 6.42 Å². The van der Waals surface area contributed by atoms with E-state index in [1.165, 1.54) is 5.56 Å². The van der Waals surface area contributed by atoms with Gasteiger partial charge in [-0.3, -0.25) is 4.99 Å². The molecule has 0 unspecified atom stereocenters. The number of nitrogens with one attached hydrogen (secondary N) is 1. The van der Waals surface area contributed by atoms with Gasteiger partial charge >= 0.3 is 0 Å². The molecule has 0 saturated heterocycles. The van der Waals surface area contributed by atoms with Crippen molar-refractivity contribution < 1.29 is 9.84 Å². The number of fused-ring (bicyclic) bond motifs is 2. The van der Waals surface area contributed by atoms with Crippen LogP contribution in [0.25, 0.3) is 10.9 Å². The average molecular weight is 371 g/mol. The van der Waals surface area contributed by atoms with Crippen LogP contribution in [0.2, 0.25) is 0 Å². The van der Waals surface area contributed by atoms with E-state index in [0.29, 0.717) is 0 Å². The highest BCUT2D eigenvalue weighted by Gasteiger charge is 2.23. The molecule has 1 aliphatic heterocycles. The number of aromatic nitrogens is 1. The van der Waals surface area contributed by atoms with Crippen molar-refractivity contribution in [3.8, 4) is 11.6 Å². The second kappa shape index (κ2) is 5.42. The van der Waals surface area contributed by atoms with Gasteiger partial charge in [-0.25, -0.2) is 0 Å². The maximum Gasteiger partial charge on any atom is 0.199 e. The Morgan fingerprint density at radius 3 is 2.91 bits per heavy atom. The Balaban J connectivity index is 1.97. The summed E-state index contributed by atoms with van der Waals surface area (Å²) in [4.78, 5) is 7.73. The Morgan fingerprint density at radius 2 is 2.09 bits per heavy atom. The minimum Gasteiger partial charge on any atom is -0.497 e. The summed E-state index contributed by atoms with van der Waals surface area (Å²) in [6, 6.07) is 11.9. The highest BCUT2D eigenvalue weighted by Crippen LogP contribution is 2.34. The summed E-state index contributed by atoms with van der Waals surface area (Å²) in [5.74, 6) is 0.936. The van der Waals surface area contributed by atoms with Gasteiger partial charge < -0.3 is 14.8 Å². The molecule has 0 fully saturated rings. The molecule has 2 heterocycles. The van der Waals surface area contributed by atoms with Gasteiger partial charge in [-0.2, -0.15) is 0 Å². The number of ether oxygens (including phenoxy) is 1. The van der Waals surface area contributed by atoms with Gasteiger partial charge in [0.1, 0.15) is 5.75 Å². The molecule has 4 rings (SSSR count). The molecular formula is C18H15BrN2O2. The molecule has 1 aromatic heterocycles. The number of benzene rings is 2. The molecule has 0 atom stereocenters. The summed E-state index contributed by atoms with van der Waals surface area (Å²) in [6.45, 7) is 0.717. The number of aromatic amines is 1. The SMILES string of the molecule is COc1ccc2c(c1)C(c1c(O)[nH]c3ccc(Br)cc13)=NCC2. The van der Waals surface area contributed by atoms with Crippen molar-refractivity contribution in [2.75, 3.05) is 13.7 Å². The quantitative estimate of drug-likeness (QED) is 0.715. The Kier molecular flexibility index (Phi) is 3.38. The summed E-state index contributed by atoms with van der Waals surface area (Å²) in [6.07, 6.45) is 0.898. The van der Waals surface area contributed by atoms with Crippen LogP contribution in [0.3, 0.4) is 0 Å². The number of aliphatic imine (C=N–C) groups is 1. The summed E-state index contributed by atoms with van der Waals surface area (Å²) in [7, 11) is 1.65. The molecule has 2 aromatic carbocycles. The standard InChI is InChI=1S/C18H15BrN2O2/c1-23-12-4-2-10-6-7-20-17(13(10)9-12)16-14-8-11(19)3-5-15(14)21-18(16)22/h2-5,8-9,21-22H,6-7H2,1H3. The fourth-order valence-electron chi connectivity index (χ4n) is 3.10. The number of methoxy groups -OCH3 is 1. The Bertz CT molecular complexity index is 944. The molecule has 0 spiro atoms. The lowest BCUT2D eigenvalue weighted by Crippen LogP contribution is -2.14. The maximum absolute atomic E-state index is 10.4. The largest absolute Gasteiger partial charge is 0.497 e. The fraction of sp³-hybridized carbons (Fsp3) is 0.167. The van der Waals surface area contributed by atoms with E-state index < -0.39 is 0 Å². The number of hydrogen-bond acceptors (Lipinski definition) is 3. The van der Waals surface area contributed by atoms with Gasteiger partial charge in [0.2, 0.25) is 0 Å². The third kappa shape index (κ3) is 2.32. The van der Waals surface area contributed by atoms with Gasteiger partial charge in [0.25, 0.3) is 0 Å². The topological polar surface area (TPSA) is 57.6 Å². The lowest BCUT2D eigenvalue weighted by atomic mass is 9.92. The lowest BCUT2D eigenvalue weighted by molar-refractivity contribution is 0.414. The maximum atomic E-state index is 10.4. The summed E-state index contributed by atoms with van der Waals surface area (Å²) >= 11 is 3.50. The van der Waals surface area contributed by atoms with Crippen LogP contribution in [-0.2, 0) is 6.42 Å². The van der Waals surface area contributed by atoms with Crippen LogP contribution >= 0.6 is 15.9 Å². The molecular weight excluding hydrogens is 356 g/mol. The number of aromatic hydroxyl groups is 1. The van der Waals surface area contributed by atoms with E-state index >= 15 is 0 Å². The monoisotopic (exact) mass is 370 g/mol. The molecule has 0 amide bonds. The van der Waals surface area contributed by atoms with E-state index in [4.69, 9.17) is 9.73 Å². The number of H-pyrrole nitrogens is 1. The molecule has 5 heteroatoms. The molecule has 23 heavy (non-hydrogen) atoms. The number of hydrogen-bond donors (Lipinski definition) is 2. The van der Waals surface area contributed by atoms with Gasteiger partial charge in [-0.1, -0.05) is 22.0 Å². The first-order valence-corrected chi connectivity index (χ1v) is 8.19. The highest BCUT2D eigenvalue weighted by molar-refractivity contribution is 9.10. The molecule has 0 bridgehead atoms. The fourth-order valence-corrected chi connectivity index (χ4v) is 3.46. The predicted molar refractivity (Wildman–Crippen MR) is 94.9 cm³/mol. The van der Waals surface area contributed by atoms with Crippen LogP contribution in [-0.4, -0.2) is 29.5 Å². The second-order valence-corrected chi connectivity index (χ2v) is 6.46. The van der Waals surface area contributed by atoms with Gasteiger partial charge in [-0.05, 0) is 42.3 Å². The minimum absolute atomic E-state index is 0.146. The van der Waals surface area contributed by atoms with Crippen LogP contribution < -0.4 is 4.74 Å². The smallest absolute Gasteiger partial charge is 0.199 e. The third-order valence-electron chi connectivity index (χ3n) is 4.20. The van der Waals surface area contributed by atoms with Crippen molar-refractivity contribution in [1.82, 2.24) is 4.98 Å². The minimum atomic E-state index is 0.146. The van der Waals surface area contributed by atoms with E-state index in [1.54, 1.807) is 7.11 Å². The van der Waals surface area contributed by atoms with Crippen molar-refractivity contribution in [1.29, 1.82) is 0 Å². The van der Waals surface area contributed by atoms with E-state index in [1.807, 2.05) is 30.3 Å². The molecule has 2 N–H and O–H groups in total. The van der Waals surface area contributed by atoms with Crippen LogP contribution in [0.15, 0.2) is 45.9 Å². The Hall–Kier alpha value is -2.27. The second-order valence-electron chi connectivity index (χ2n) is 5.54. The zero-order valence-electron chi connectivity index (χ0n) is 12.6. The van der Waals surface area contributed by atoms with Gasteiger partial charge in [0, 0.05) is 27.5 Å². The molecule has 116 valence electrons. The van der Waals surface area contributed by atoms with E-state index in [-0.39, 0.29) is 5.88 Å². The molecule has 4 nitrogen and oxygen atoms in total. The van der Waals surface area contributed by atoms with E-state index in [9.17, 15) is 5.11 Å². The first-order valence-electron chi connectivity index (χ1n) is 7.39. The third-order valence-corrected chi connectivity index (χ3v) is 4.69. The van der Waals surface area contributed by atoms with Crippen LogP contribution in [0.4, 0.5) is 0 Å². The Labute approximate surface area is 142 Å².